The van der Waals surface area contributed by atoms with E-state index >= 15 is 0 Å². The Morgan fingerprint density at radius 3 is 2.73 bits per heavy atom. The Morgan fingerprint density at radius 1 is 1.64 bits per heavy atom. The Balaban J connectivity index is 3.41. The van der Waals surface area contributed by atoms with Crippen LogP contribution in [0.3, 0.4) is 0 Å². The third-order valence-corrected chi connectivity index (χ3v) is 1.53. The van der Waals surface area contributed by atoms with E-state index in [-0.39, 0.29) is 18.1 Å². The lowest BCUT2D eigenvalue weighted by molar-refractivity contribution is 0.263. The van der Waals surface area contributed by atoms with Gasteiger partial charge in [0.05, 0.1) is 12.3 Å². The third kappa shape index (κ3) is 1.25. The zero-order chi connectivity index (χ0) is 8.43. The fourth-order valence-corrected chi connectivity index (χ4v) is 0.844. The van der Waals surface area contributed by atoms with Crippen molar-refractivity contribution in [3.63, 3.8) is 0 Å². The monoisotopic (exact) mass is 155 g/mol. The van der Waals surface area contributed by atoms with Crippen LogP contribution in [-0.2, 0) is 13.7 Å². The molecule has 11 heavy (non-hydrogen) atoms. The Bertz CT molecular complexity index is 316. The largest absolute Gasteiger partial charge is 0.503 e. The molecule has 4 heteroatoms. The summed E-state index contributed by atoms with van der Waals surface area (Å²) in [5.74, 6) is -0.377. The number of aromatic hydroxyl groups is 1. The fraction of sp³-hybridized carbons (Fsp3) is 0.286. The molecule has 0 unspecified atom stereocenters. The standard InChI is InChI=1S/C7H9NO3/c1-8-3-2-6(10)7(11)5(8)4-9/h2-3,9,11H,4H2,1H3. The van der Waals surface area contributed by atoms with Gasteiger partial charge in [-0.3, -0.25) is 4.79 Å². The molecule has 0 aromatic carbocycles. The minimum atomic E-state index is -0.466. The number of aliphatic hydroxyl groups is 1. The number of aromatic nitrogens is 1. The maximum atomic E-state index is 10.8. The molecule has 0 atom stereocenters. The molecule has 60 valence electrons. The molecule has 2 N–H and O–H groups in total. The predicted molar refractivity (Wildman–Crippen MR) is 39.3 cm³/mol. The van der Waals surface area contributed by atoms with Crippen LogP contribution in [0.4, 0.5) is 0 Å². The van der Waals surface area contributed by atoms with Crippen LogP contribution in [0.2, 0.25) is 0 Å². The molecule has 1 heterocycles. The molecule has 0 aliphatic rings. The first-order valence-corrected chi connectivity index (χ1v) is 3.15. The van der Waals surface area contributed by atoms with Gasteiger partial charge < -0.3 is 14.8 Å². The van der Waals surface area contributed by atoms with E-state index in [1.807, 2.05) is 0 Å². The molecule has 0 saturated heterocycles. The van der Waals surface area contributed by atoms with Gasteiger partial charge in [0.25, 0.3) is 0 Å². The van der Waals surface area contributed by atoms with Crippen LogP contribution in [0.1, 0.15) is 5.69 Å². The van der Waals surface area contributed by atoms with E-state index in [1.165, 1.54) is 16.8 Å². The third-order valence-electron chi connectivity index (χ3n) is 1.53. The molecule has 1 rings (SSSR count). The van der Waals surface area contributed by atoms with E-state index < -0.39 is 5.43 Å². The predicted octanol–water partition coefficient (Wildman–Crippen LogP) is -0.417. The van der Waals surface area contributed by atoms with Gasteiger partial charge >= 0.3 is 0 Å². The highest BCUT2D eigenvalue weighted by Crippen LogP contribution is 2.08. The van der Waals surface area contributed by atoms with Gasteiger partial charge in [0.2, 0.25) is 5.43 Å². The van der Waals surface area contributed by atoms with Crippen LogP contribution in [0, 0.1) is 0 Å². The topological polar surface area (TPSA) is 62.5 Å². The maximum Gasteiger partial charge on any atom is 0.223 e. The van der Waals surface area contributed by atoms with Crippen LogP contribution < -0.4 is 5.43 Å². The molecule has 0 saturated carbocycles. The second kappa shape index (κ2) is 2.75. The second-order valence-corrected chi connectivity index (χ2v) is 2.24. The summed E-state index contributed by atoms with van der Waals surface area (Å²) in [6, 6.07) is 1.24. The summed E-state index contributed by atoms with van der Waals surface area (Å²) < 4.78 is 1.50. The van der Waals surface area contributed by atoms with Crippen molar-refractivity contribution in [2.24, 2.45) is 7.05 Å². The minimum absolute atomic E-state index is 0.234. The van der Waals surface area contributed by atoms with Crippen LogP contribution >= 0.6 is 0 Å². The van der Waals surface area contributed by atoms with Crippen molar-refractivity contribution in [2.75, 3.05) is 0 Å². The molecular weight excluding hydrogens is 146 g/mol. The Kier molecular flexibility index (Phi) is 1.96. The number of hydrogen-bond donors (Lipinski definition) is 2. The fourth-order valence-electron chi connectivity index (χ4n) is 0.844. The van der Waals surface area contributed by atoms with Crippen LogP contribution in [0.25, 0.3) is 0 Å². The zero-order valence-electron chi connectivity index (χ0n) is 6.11. The average Bonchev–Trinajstić information content (AvgIpc) is 1.99. The minimum Gasteiger partial charge on any atom is -0.503 e. The lowest BCUT2D eigenvalue weighted by Gasteiger charge is -2.05. The van der Waals surface area contributed by atoms with E-state index in [0.717, 1.165) is 0 Å². The maximum absolute atomic E-state index is 10.8. The number of pyridine rings is 1. The van der Waals surface area contributed by atoms with Crippen molar-refractivity contribution in [1.29, 1.82) is 0 Å². The molecule has 0 amide bonds. The quantitative estimate of drug-likeness (QED) is 0.579. The smallest absolute Gasteiger partial charge is 0.223 e. The molecule has 0 bridgehead atoms. The summed E-state index contributed by atoms with van der Waals surface area (Å²) >= 11 is 0. The second-order valence-electron chi connectivity index (χ2n) is 2.24. The molecule has 0 aliphatic heterocycles. The van der Waals surface area contributed by atoms with E-state index in [9.17, 15) is 4.79 Å². The SMILES string of the molecule is Cn1ccc(=O)c(O)c1CO. The van der Waals surface area contributed by atoms with Crippen LogP contribution in [0.5, 0.6) is 5.75 Å². The van der Waals surface area contributed by atoms with Crippen molar-refractivity contribution in [2.45, 2.75) is 6.61 Å². The van der Waals surface area contributed by atoms with E-state index in [1.54, 1.807) is 7.05 Å². The lowest BCUT2D eigenvalue weighted by Crippen LogP contribution is -2.09. The Hall–Kier alpha value is -1.29. The molecular formula is C7H9NO3. The van der Waals surface area contributed by atoms with Gasteiger partial charge in [0, 0.05) is 19.3 Å². The summed E-state index contributed by atoms with van der Waals surface area (Å²) in [5.41, 5.74) is -0.232. The van der Waals surface area contributed by atoms with Crippen LogP contribution in [0.15, 0.2) is 17.1 Å². The summed E-state index contributed by atoms with van der Waals surface area (Å²) in [7, 11) is 1.64. The highest BCUT2D eigenvalue weighted by atomic mass is 16.3. The number of aryl methyl sites for hydroxylation is 1. The van der Waals surface area contributed by atoms with Gasteiger partial charge in [-0.2, -0.15) is 0 Å². The molecule has 0 spiro atoms. The van der Waals surface area contributed by atoms with Crippen molar-refractivity contribution in [3.8, 4) is 5.75 Å². The number of hydrogen-bond acceptors (Lipinski definition) is 3. The van der Waals surface area contributed by atoms with Crippen molar-refractivity contribution < 1.29 is 10.2 Å². The molecule has 1 aromatic rings. The molecule has 4 nitrogen and oxygen atoms in total. The zero-order valence-corrected chi connectivity index (χ0v) is 6.11. The molecule has 0 fully saturated rings. The average molecular weight is 155 g/mol. The Morgan fingerprint density at radius 2 is 2.27 bits per heavy atom. The first kappa shape index (κ1) is 7.81. The van der Waals surface area contributed by atoms with Gasteiger partial charge in [-0.1, -0.05) is 0 Å². The number of aliphatic hydroxyl groups excluding tert-OH is 1. The van der Waals surface area contributed by atoms with E-state index in [0.29, 0.717) is 0 Å². The first-order valence-electron chi connectivity index (χ1n) is 3.15. The summed E-state index contributed by atoms with van der Waals surface area (Å²) in [6.07, 6.45) is 1.49. The van der Waals surface area contributed by atoms with Gasteiger partial charge in [0.1, 0.15) is 0 Å². The van der Waals surface area contributed by atoms with Gasteiger partial charge in [-0.05, 0) is 0 Å². The van der Waals surface area contributed by atoms with Gasteiger partial charge in [-0.25, -0.2) is 0 Å². The van der Waals surface area contributed by atoms with Crippen molar-refractivity contribution in [3.05, 3.63) is 28.2 Å². The first-order chi connectivity index (χ1) is 5.16. The van der Waals surface area contributed by atoms with E-state index in [4.69, 9.17) is 10.2 Å². The van der Waals surface area contributed by atoms with Gasteiger partial charge in [-0.15, -0.1) is 0 Å². The lowest BCUT2D eigenvalue weighted by atomic mass is 10.3. The normalized spacial score (nSPS) is 10.0. The van der Waals surface area contributed by atoms with E-state index in [2.05, 4.69) is 0 Å². The van der Waals surface area contributed by atoms with Gasteiger partial charge in [0.15, 0.2) is 5.75 Å². The van der Waals surface area contributed by atoms with Crippen molar-refractivity contribution >= 4 is 0 Å². The number of nitrogens with zero attached hydrogens (tertiary/aromatic N) is 1. The Labute approximate surface area is 63.3 Å². The van der Waals surface area contributed by atoms with Crippen molar-refractivity contribution in [1.82, 2.24) is 4.57 Å². The summed E-state index contributed by atoms with van der Waals surface area (Å²) in [4.78, 5) is 10.8. The summed E-state index contributed by atoms with van der Waals surface area (Å²) in [5, 5.41) is 17.8. The molecule has 1 aromatic heterocycles. The molecule has 0 aliphatic carbocycles. The number of rotatable bonds is 1. The highest BCUT2D eigenvalue weighted by Gasteiger charge is 2.04. The van der Waals surface area contributed by atoms with Crippen LogP contribution in [-0.4, -0.2) is 14.8 Å². The molecule has 0 radical (unpaired) electrons. The highest BCUT2D eigenvalue weighted by molar-refractivity contribution is 5.25. The summed E-state index contributed by atoms with van der Waals surface area (Å²) in [6.45, 7) is -0.335.